The Morgan fingerprint density at radius 2 is 2.27 bits per heavy atom. The molecule has 1 unspecified atom stereocenters. The molecule has 1 heteroatoms. The maximum Gasteiger partial charge on any atom is 0.123 e. The summed E-state index contributed by atoms with van der Waals surface area (Å²) in [6.45, 7) is 2.22. The SMILES string of the molecule is CCCC/C=C/C1Cc2ccccc2O1. The molecule has 0 fully saturated rings. The quantitative estimate of drug-likeness (QED) is 0.534. The number of unbranched alkanes of at least 4 members (excludes halogenated alkanes) is 2. The number of para-hydroxylation sites is 1. The molecule has 1 aliphatic heterocycles. The second kappa shape index (κ2) is 5.01. The summed E-state index contributed by atoms with van der Waals surface area (Å²) in [5.41, 5.74) is 1.34. The maximum atomic E-state index is 5.80. The smallest absolute Gasteiger partial charge is 0.123 e. The van der Waals surface area contributed by atoms with Gasteiger partial charge in [0, 0.05) is 6.42 Å². The average Bonchev–Trinajstić information content (AvgIpc) is 2.67. The maximum absolute atomic E-state index is 5.80. The molecule has 0 bridgehead atoms. The van der Waals surface area contributed by atoms with E-state index < -0.39 is 0 Å². The number of hydrogen-bond donors (Lipinski definition) is 0. The third-order valence-corrected chi connectivity index (χ3v) is 2.75. The van der Waals surface area contributed by atoms with Gasteiger partial charge in [-0.3, -0.25) is 0 Å². The van der Waals surface area contributed by atoms with Gasteiger partial charge in [-0.15, -0.1) is 0 Å². The Hall–Kier alpha value is -1.24. The number of rotatable bonds is 4. The van der Waals surface area contributed by atoms with Gasteiger partial charge in [-0.2, -0.15) is 0 Å². The van der Waals surface area contributed by atoms with Gasteiger partial charge < -0.3 is 4.74 Å². The molecule has 0 radical (unpaired) electrons. The highest BCUT2D eigenvalue weighted by atomic mass is 16.5. The van der Waals surface area contributed by atoms with Crippen molar-refractivity contribution in [3.05, 3.63) is 42.0 Å². The van der Waals surface area contributed by atoms with Gasteiger partial charge in [-0.25, -0.2) is 0 Å². The zero-order chi connectivity index (χ0) is 10.5. The van der Waals surface area contributed by atoms with Gasteiger partial charge in [0.15, 0.2) is 0 Å². The van der Waals surface area contributed by atoms with Crippen LogP contribution in [0, 0.1) is 0 Å². The van der Waals surface area contributed by atoms with Crippen LogP contribution in [0.1, 0.15) is 31.7 Å². The molecule has 15 heavy (non-hydrogen) atoms. The van der Waals surface area contributed by atoms with Crippen molar-refractivity contribution in [2.45, 2.75) is 38.7 Å². The molecular weight excluding hydrogens is 184 g/mol. The second-order valence-electron chi connectivity index (χ2n) is 4.04. The van der Waals surface area contributed by atoms with Crippen molar-refractivity contribution in [3.63, 3.8) is 0 Å². The summed E-state index contributed by atoms with van der Waals surface area (Å²) in [4.78, 5) is 0. The molecule has 0 saturated heterocycles. The van der Waals surface area contributed by atoms with Crippen LogP contribution in [0.5, 0.6) is 5.75 Å². The third kappa shape index (κ3) is 2.62. The van der Waals surface area contributed by atoms with Crippen molar-refractivity contribution in [1.29, 1.82) is 0 Å². The molecule has 1 aromatic rings. The molecule has 0 saturated carbocycles. The molecule has 0 aromatic heterocycles. The molecule has 1 aromatic carbocycles. The van der Waals surface area contributed by atoms with Gasteiger partial charge in [0.2, 0.25) is 0 Å². The summed E-state index contributed by atoms with van der Waals surface area (Å²) in [6.07, 6.45) is 9.45. The molecule has 1 nitrogen and oxygen atoms in total. The molecule has 1 atom stereocenters. The second-order valence-corrected chi connectivity index (χ2v) is 4.04. The van der Waals surface area contributed by atoms with Crippen molar-refractivity contribution < 1.29 is 4.74 Å². The summed E-state index contributed by atoms with van der Waals surface area (Å²) in [7, 11) is 0. The molecule has 0 aliphatic carbocycles. The molecule has 2 rings (SSSR count). The highest BCUT2D eigenvalue weighted by molar-refractivity contribution is 5.38. The van der Waals surface area contributed by atoms with Crippen LogP contribution in [-0.4, -0.2) is 6.10 Å². The topological polar surface area (TPSA) is 9.23 Å². The Labute approximate surface area is 91.8 Å². The van der Waals surface area contributed by atoms with E-state index in [1.54, 1.807) is 0 Å². The van der Waals surface area contributed by atoms with E-state index in [9.17, 15) is 0 Å². The van der Waals surface area contributed by atoms with E-state index in [1.165, 1.54) is 24.8 Å². The lowest BCUT2D eigenvalue weighted by Crippen LogP contribution is -2.08. The fourth-order valence-electron chi connectivity index (χ4n) is 1.89. The summed E-state index contributed by atoms with van der Waals surface area (Å²) < 4.78 is 5.80. The minimum Gasteiger partial charge on any atom is -0.486 e. The first-order chi connectivity index (χ1) is 7.40. The van der Waals surface area contributed by atoms with Crippen LogP contribution in [0.25, 0.3) is 0 Å². The van der Waals surface area contributed by atoms with Crippen LogP contribution in [0.4, 0.5) is 0 Å². The number of fused-ring (bicyclic) bond motifs is 1. The van der Waals surface area contributed by atoms with Gasteiger partial charge in [0.05, 0.1) is 0 Å². The molecular formula is C14H18O. The molecule has 0 amide bonds. The predicted octanol–water partition coefficient (Wildman–Crippen LogP) is 3.74. The van der Waals surface area contributed by atoms with Crippen LogP contribution < -0.4 is 4.74 Å². The Bertz CT molecular complexity index is 316. The first-order valence-corrected chi connectivity index (χ1v) is 5.81. The fraction of sp³-hybridized carbons (Fsp3) is 0.429. The number of ether oxygens (including phenoxy) is 1. The third-order valence-electron chi connectivity index (χ3n) is 2.75. The van der Waals surface area contributed by atoms with Gasteiger partial charge in [0.1, 0.15) is 11.9 Å². The Balaban J connectivity index is 1.87. The normalized spacial score (nSPS) is 19.1. The molecule has 80 valence electrons. The Kier molecular flexibility index (Phi) is 3.44. The van der Waals surface area contributed by atoms with Crippen molar-refractivity contribution in [2.24, 2.45) is 0 Å². The van der Waals surface area contributed by atoms with E-state index in [1.807, 2.05) is 6.07 Å². The van der Waals surface area contributed by atoms with Crippen molar-refractivity contribution in [1.82, 2.24) is 0 Å². The van der Waals surface area contributed by atoms with E-state index in [2.05, 4.69) is 37.3 Å². The first-order valence-electron chi connectivity index (χ1n) is 5.81. The number of hydrogen-bond acceptors (Lipinski definition) is 1. The summed E-state index contributed by atoms with van der Waals surface area (Å²) in [6, 6.07) is 8.30. The highest BCUT2D eigenvalue weighted by Gasteiger charge is 2.19. The van der Waals surface area contributed by atoms with Crippen molar-refractivity contribution in [3.8, 4) is 5.75 Å². The molecule has 0 spiro atoms. The summed E-state index contributed by atoms with van der Waals surface area (Å²) >= 11 is 0. The lowest BCUT2D eigenvalue weighted by atomic mass is 10.1. The zero-order valence-electron chi connectivity index (χ0n) is 9.28. The Morgan fingerprint density at radius 1 is 1.40 bits per heavy atom. The lowest BCUT2D eigenvalue weighted by Gasteiger charge is -2.04. The van der Waals surface area contributed by atoms with E-state index in [4.69, 9.17) is 4.74 Å². The standard InChI is InChI=1S/C14H18O/c1-2-3-4-5-9-13-11-12-8-6-7-10-14(12)15-13/h5-10,13H,2-4,11H2,1H3/b9-5+. The minimum absolute atomic E-state index is 0.263. The molecule has 0 N–H and O–H groups in total. The minimum atomic E-state index is 0.263. The summed E-state index contributed by atoms with van der Waals surface area (Å²) in [5.74, 6) is 1.06. The van der Waals surface area contributed by atoms with Crippen LogP contribution in [0.3, 0.4) is 0 Å². The van der Waals surface area contributed by atoms with Crippen molar-refractivity contribution >= 4 is 0 Å². The number of allylic oxidation sites excluding steroid dienone is 1. The number of benzene rings is 1. The lowest BCUT2D eigenvalue weighted by molar-refractivity contribution is 0.283. The monoisotopic (exact) mass is 202 g/mol. The van der Waals surface area contributed by atoms with Crippen LogP contribution in [0.2, 0.25) is 0 Å². The van der Waals surface area contributed by atoms with Gasteiger partial charge in [-0.1, -0.05) is 44.0 Å². The van der Waals surface area contributed by atoms with E-state index in [0.29, 0.717) is 0 Å². The van der Waals surface area contributed by atoms with E-state index in [0.717, 1.165) is 12.2 Å². The Morgan fingerprint density at radius 3 is 3.07 bits per heavy atom. The van der Waals surface area contributed by atoms with Crippen LogP contribution in [0.15, 0.2) is 36.4 Å². The van der Waals surface area contributed by atoms with Crippen molar-refractivity contribution in [2.75, 3.05) is 0 Å². The summed E-state index contributed by atoms with van der Waals surface area (Å²) in [5, 5.41) is 0. The predicted molar refractivity (Wildman–Crippen MR) is 63.2 cm³/mol. The van der Waals surface area contributed by atoms with Crippen LogP contribution >= 0.6 is 0 Å². The van der Waals surface area contributed by atoms with Gasteiger partial charge >= 0.3 is 0 Å². The van der Waals surface area contributed by atoms with Gasteiger partial charge in [-0.05, 0) is 24.1 Å². The molecule has 1 aliphatic rings. The van der Waals surface area contributed by atoms with E-state index in [-0.39, 0.29) is 6.10 Å². The zero-order valence-corrected chi connectivity index (χ0v) is 9.28. The largest absolute Gasteiger partial charge is 0.486 e. The average molecular weight is 202 g/mol. The van der Waals surface area contributed by atoms with E-state index >= 15 is 0 Å². The molecule has 1 heterocycles. The fourth-order valence-corrected chi connectivity index (χ4v) is 1.89. The van der Waals surface area contributed by atoms with Gasteiger partial charge in [0.25, 0.3) is 0 Å². The van der Waals surface area contributed by atoms with Crippen LogP contribution in [-0.2, 0) is 6.42 Å². The highest BCUT2D eigenvalue weighted by Crippen LogP contribution is 2.28. The first kappa shape index (κ1) is 10.3.